The Balaban J connectivity index is 1.28. The molecule has 0 spiro atoms. The molecule has 1 aliphatic heterocycles. The lowest BCUT2D eigenvalue weighted by atomic mass is 10.0. The van der Waals surface area contributed by atoms with Gasteiger partial charge in [-0.1, -0.05) is 29.4 Å². The topological polar surface area (TPSA) is 77.4 Å². The van der Waals surface area contributed by atoms with E-state index in [4.69, 9.17) is 14.3 Å². The van der Waals surface area contributed by atoms with Gasteiger partial charge in [-0.2, -0.15) is 0 Å². The van der Waals surface area contributed by atoms with Crippen molar-refractivity contribution in [1.29, 1.82) is 0 Å². The number of hydrogen-bond acceptors (Lipinski definition) is 6. The highest BCUT2D eigenvalue weighted by molar-refractivity contribution is 6.07. The van der Waals surface area contributed by atoms with Crippen LogP contribution in [0.25, 0.3) is 6.08 Å². The summed E-state index contributed by atoms with van der Waals surface area (Å²) >= 11 is 0. The second-order valence-corrected chi connectivity index (χ2v) is 10.1. The molecular weight excluding hydrogens is 456 g/mol. The van der Waals surface area contributed by atoms with Gasteiger partial charge in [0.15, 0.2) is 5.78 Å². The summed E-state index contributed by atoms with van der Waals surface area (Å²) in [6, 6.07) is 13.4. The number of ketones is 1. The third-order valence-corrected chi connectivity index (χ3v) is 6.24. The van der Waals surface area contributed by atoms with Gasteiger partial charge in [-0.3, -0.25) is 4.79 Å². The highest BCUT2D eigenvalue weighted by atomic mass is 16.6. The Hall–Kier alpha value is -3.61. The number of fused-ring (bicyclic) bond motifs is 1. The van der Waals surface area contributed by atoms with Crippen LogP contribution in [-0.4, -0.2) is 54.4 Å². The molecule has 2 aromatic rings. The van der Waals surface area contributed by atoms with Crippen LogP contribution in [0, 0.1) is 0 Å². The average Bonchev–Trinajstić information content (AvgIpc) is 3.24. The number of oxime groups is 1. The van der Waals surface area contributed by atoms with Crippen LogP contribution in [0.15, 0.2) is 53.7 Å². The first-order chi connectivity index (χ1) is 17.2. The first-order valence-electron chi connectivity index (χ1n) is 12.4. The first kappa shape index (κ1) is 25.5. The molecule has 7 nitrogen and oxygen atoms in total. The first-order valence-corrected chi connectivity index (χ1v) is 12.4. The third-order valence-electron chi connectivity index (χ3n) is 6.24. The maximum atomic E-state index is 12.7. The third kappa shape index (κ3) is 6.53. The van der Waals surface area contributed by atoms with Crippen molar-refractivity contribution in [2.24, 2.45) is 5.16 Å². The smallest absolute Gasteiger partial charge is 0.410 e. The van der Waals surface area contributed by atoms with Crippen molar-refractivity contribution in [3.05, 3.63) is 70.8 Å². The largest absolute Gasteiger partial charge is 0.490 e. The van der Waals surface area contributed by atoms with E-state index in [1.54, 1.807) is 30.2 Å². The Bertz CT molecular complexity index is 1150. The van der Waals surface area contributed by atoms with E-state index in [-0.39, 0.29) is 18.0 Å². The van der Waals surface area contributed by atoms with Crippen LogP contribution in [0.2, 0.25) is 0 Å². The average molecular weight is 491 g/mol. The van der Waals surface area contributed by atoms with Gasteiger partial charge in [0.2, 0.25) is 0 Å². The molecule has 0 N–H and O–H groups in total. The summed E-state index contributed by atoms with van der Waals surface area (Å²) < 4.78 is 11.5. The van der Waals surface area contributed by atoms with Gasteiger partial charge in [0, 0.05) is 37.1 Å². The summed E-state index contributed by atoms with van der Waals surface area (Å²) in [6.07, 6.45) is 6.46. The van der Waals surface area contributed by atoms with Gasteiger partial charge >= 0.3 is 6.09 Å². The maximum absolute atomic E-state index is 12.7. The molecule has 0 aromatic heterocycles. The monoisotopic (exact) mass is 490 g/mol. The van der Waals surface area contributed by atoms with Gasteiger partial charge < -0.3 is 19.2 Å². The highest BCUT2D eigenvalue weighted by Crippen LogP contribution is 2.25. The quantitative estimate of drug-likeness (QED) is 0.297. The lowest BCUT2D eigenvalue weighted by molar-refractivity contribution is 0.0126. The molecule has 4 rings (SSSR count). The number of likely N-dealkylation sites (tertiary alicyclic amines) is 1. The Morgan fingerprint density at radius 1 is 1.03 bits per heavy atom. The molecule has 1 saturated heterocycles. The zero-order valence-electron chi connectivity index (χ0n) is 21.5. The van der Waals surface area contributed by atoms with Crippen molar-refractivity contribution in [3.63, 3.8) is 0 Å². The lowest BCUT2D eigenvalue weighted by Crippen LogP contribution is -2.44. The predicted octanol–water partition coefficient (Wildman–Crippen LogP) is 5.66. The maximum Gasteiger partial charge on any atom is 0.410 e. The number of rotatable bonds is 6. The number of benzene rings is 2. The molecule has 0 bridgehead atoms. The zero-order chi connectivity index (χ0) is 25.7. The van der Waals surface area contributed by atoms with Crippen LogP contribution in [0.1, 0.15) is 67.1 Å². The van der Waals surface area contributed by atoms with Crippen LogP contribution in [0.5, 0.6) is 5.75 Å². The Kier molecular flexibility index (Phi) is 7.77. The van der Waals surface area contributed by atoms with E-state index < -0.39 is 5.60 Å². The SMILES string of the molecule is CON=C1CCc2cc(C=CC(=O)c3ccc(OC4CCN(C(=O)OC(C)(C)C)CC4)cc3)ccc21. The fourth-order valence-electron chi connectivity index (χ4n) is 4.44. The number of aryl methyl sites for hydroxylation is 1. The summed E-state index contributed by atoms with van der Waals surface area (Å²) in [5.74, 6) is 0.660. The standard InChI is InChI=1S/C29H34N2O5/c1-29(2,3)36-28(33)31-17-15-24(16-18-31)35-23-10-7-21(8-11-23)27(32)14-6-20-5-12-25-22(19-20)9-13-26(25)30-34-4/h5-8,10-12,14,19,24H,9,13,15-18H2,1-4H3. The number of allylic oxidation sites excluding steroid dienone is 1. The Morgan fingerprint density at radius 3 is 2.42 bits per heavy atom. The van der Waals surface area contributed by atoms with E-state index in [0.29, 0.717) is 18.7 Å². The number of piperidine rings is 1. The van der Waals surface area contributed by atoms with Gasteiger partial charge in [0.25, 0.3) is 0 Å². The second-order valence-electron chi connectivity index (χ2n) is 10.1. The summed E-state index contributed by atoms with van der Waals surface area (Å²) in [6.45, 7) is 6.81. The summed E-state index contributed by atoms with van der Waals surface area (Å²) in [5, 5.41) is 4.09. The molecule has 190 valence electrons. The molecule has 1 amide bonds. The molecule has 2 aromatic carbocycles. The van der Waals surface area contributed by atoms with Crippen LogP contribution < -0.4 is 4.74 Å². The number of carbonyl (C=O) groups is 2. The Labute approximate surface area is 212 Å². The molecule has 7 heteroatoms. The second kappa shape index (κ2) is 11.0. The van der Waals surface area contributed by atoms with Gasteiger partial charge in [-0.15, -0.1) is 0 Å². The molecular formula is C29H34N2O5. The van der Waals surface area contributed by atoms with E-state index >= 15 is 0 Å². The van der Waals surface area contributed by atoms with E-state index in [1.165, 1.54) is 5.56 Å². The van der Waals surface area contributed by atoms with Gasteiger partial charge in [-0.25, -0.2) is 4.79 Å². The molecule has 2 aliphatic rings. The molecule has 0 saturated carbocycles. The van der Waals surface area contributed by atoms with Crippen LogP contribution in [0.4, 0.5) is 4.79 Å². The highest BCUT2D eigenvalue weighted by Gasteiger charge is 2.27. The molecule has 1 aliphatic carbocycles. The summed E-state index contributed by atoms with van der Waals surface area (Å²) in [4.78, 5) is 31.6. The van der Waals surface area contributed by atoms with Crippen LogP contribution in [-0.2, 0) is 16.0 Å². The van der Waals surface area contributed by atoms with Crippen molar-refractivity contribution in [2.75, 3.05) is 20.2 Å². The predicted molar refractivity (Wildman–Crippen MR) is 140 cm³/mol. The normalized spacial score (nSPS) is 17.3. The molecule has 0 radical (unpaired) electrons. The number of carbonyl (C=O) groups excluding carboxylic acids is 2. The fourth-order valence-corrected chi connectivity index (χ4v) is 4.44. The van der Waals surface area contributed by atoms with Crippen molar-refractivity contribution < 1.29 is 23.9 Å². The zero-order valence-corrected chi connectivity index (χ0v) is 21.5. The fraction of sp³-hybridized carbons (Fsp3) is 0.414. The van der Waals surface area contributed by atoms with Gasteiger partial charge in [0.05, 0.1) is 5.71 Å². The molecule has 36 heavy (non-hydrogen) atoms. The minimum Gasteiger partial charge on any atom is -0.490 e. The van der Waals surface area contributed by atoms with E-state index in [2.05, 4.69) is 11.2 Å². The molecule has 1 heterocycles. The lowest BCUT2D eigenvalue weighted by Gasteiger charge is -2.33. The van der Waals surface area contributed by atoms with Crippen molar-refractivity contribution in [1.82, 2.24) is 4.90 Å². The van der Waals surface area contributed by atoms with Crippen LogP contribution in [0.3, 0.4) is 0 Å². The Morgan fingerprint density at radius 2 is 1.75 bits per heavy atom. The van der Waals surface area contributed by atoms with E-state index in [0.717, 1.165) is 48.3 Å². The minimum absolute atomic E-state index is 0.0272. The minimum atomic E-state index is -0.497. The van der Waals surface area contributed by atoms with E-state index in [9.17, 15) is 9.59 Å². The summed E-state index contributed by atoms with van der Waals surface area (Å²) in [7, 11) is 1.56. The van der Waals surface area contributed by atoms with Crippen molar-refractivity contribution in [3.8, 4) is 5.75 Å². The number of nitrogens with zero attached hydrogens (tertiary/aromatic N) is 2. The van der Waals surface area contributed by atoms with E-state index in [1.807, 2.05) is 51.1 Å². The number of ether oxygens (including phenoxy) is 2. The molecule has 0 unspecified atom stereocenters. The molecule has 1 fully saturated rings. The number of hydrogen-bond donors (Lipinski definition) is 0. The van der Waals surface area contributed by atoms with Crippen molar-refractivity contribution in [2.45, 2.75) is 58.2 Å². The molecule has 0 atom stereocenters. The number of amides is 1. The van der Waals surface area contributed by atoms with Crippen molar-refractivity contribution >= 4 is 23.7 Å². The van der Waals surface area contributed by atoms with Crippen LogP contribution >= 0.6 is 0 Å². The summed E-state index contributed by atoms with van der Waals surface area (Å²) in [5.41, 5.74) is 4.40. The van der Waals surface area contributed by atoms with Gasteiger partial charge in [0.1, 0.15) is 24.6 Å². The van der Waals surface area contributed by atoms with Gasteiger partial charge in [-0.05, 0) is 75.1 Å².